The van der Waals surface area contributed by atoms with E-state index in [0.717, 1.165) is 0 Å². The molecule has 1 atom stereocenters. The van der Waals surface area contributed by atoms with Crippen LogP contribution in [0.5, 0.6) is 0 Å². The van der Waals surface area contributed by atoms with Crippen LogP contribution in [0.3, 0.4) is 0 Å². The molecule has 1 aliphatic rings. The fraction of sp³-hybridized carbons (Fsp3) is 0.250. The van der Waals surface area contributed by atoms with E-state index in [0.29, 0.717) is 23.4 Å². The Hall–Kier alpha value is -4.05. The van der Waals surface area contributed by atoms with Gasteiger partial charge in [0.15, 0.2) is 0 Å². The molecule has 0 aliphatic carbocycles. The Balaban J connectivity index is 1.47. The highest BCUT2D eigenvalue weighted by molar-refractivity contribution is 5.95. The standard InChI is InChI=1S/C24H22FN3O6/c25-19-7-3-17(4-8-19)24(30)27(14-21-2-1-12-33-21)16-22-15-26(11-13-34-22)23(29)18-5-9-20(10-6-18)28(31)32/h1-10,12,22H,11,13-16H2/t22-/m0/s1. The van der Waals surface area contributed by atoms with Crippen LogP contribution in [0.2, 0.25) is 0 Å². The maximum Gasteiger partial charge on any atom is 0.269 e. The first-order valence-electron chi connectivity index (χ1n) is 10.6. The summed E-state index contributed by atoms with van der Waals surface area (Å²) < 4.78 is 24.5. The summed E-state index contributed by atoms with van der Waals surface area (Å²) in [6, 6.07) is 14.2. The molecule has 0 unspecified atom stereocenters. The van der Waals surface area contributed by atoms with E-state index in [1.807, 2.05) is 0 Å². The molecule has 0 spiro atoms. The monoisotopic (exact) mass is 467 g/mol. The maximum absolute atomic E-state index is 13.3. The summed E-state index contributed by atoms with van der Waals surface area (Å²) in [7, 11) is 0. The second-order valence-electron chi connectivity index (χ2n) is 7.82. The molecule has 10 heteroatoms. The minimum atomic E-state index is -0.523. The zero-order chi connectivity index (χ0) is 24.1. The highest BCUT2D eigenvalue weighted by Crippen LogP contribution is 2.18. The fourth-order valence-corrected chi connectivity index (χ4v) is 3.75. The number of nitrogens with zero attached hydrogens (tertiary/aromatic N) is 3. The average Bonchev–Trinajstić information content (AvgIpc) is 3.37. The van der Waals surface area contributed by atoms with E-state index < -0.39 is 16.8 Å². The van der Waals surface area contributed by atoms with E-state index in [4.69, 9.17) is 9.15 Å². The van der Waals surface area contributed by atoms with Crippen molar-refractivity contribution in [2.24, 2.45) is 0 Å². The molecule has 2 aromatic carbocycles. The lowest BCUT2D eigenvalue weighted by molar-refractivity contribution is -0.384. The zero-order valence-electron chi connectivity index (χ0n) is 18.1. The van der Waals surface area contributed by atoms with Gasteiger partial charge in [0.1, 0.15) is 11.6 Å². The maximum atomic E-state index is 13.3. The number of rotatable bonds is 7. The van der Waals surface area contributed by atoms with Gasteiger partial charge in [0.2, 0.25) is 0 Å². The number of hydrogen-bond acceptors (Lipinski definition) is 6. The van der Waals surface area contributed by atoms with Gasteiger partial charge in [-0.1, -0.05) is 0 Å². The van der Waals surface area contributed by atoms with Crippen molar-refractivity contribution in [1.29, 1.82) is 0 Å². The van der Waals surface area contributed by atoms with E-state index in [1.165, 1.54) is 59.7 Å². The highest BCUT2D eigenvalue weighted by atomic mass is 19.1. The quantitative estimate of drug-likeness (QED) is 0.389. The van der Waals surface area contributed by atoms with Crippen molar-refractivity contribution < 1.29 is 28.1 Å². The minimum absolute atomic E-state index is 0.0933. The van der Waals surface area contributed by atoms with Gasteiger partial charge in [-0.05, 0) is 48.5 Å². The number of halogens is 1. The number of carbonyl (C=O) groups excluding carboxylic acids is 2. The molecule has 0 N–H and O–H groups in total. The molecule has 0 saturated carbocycles. The first-order chi connectivity index (χ1) is 16.4. The molecule has 3 aromatic rings. The normalized spacial score (nSPS) is 15.7. The average molecular weight is 467 g/mol. The van der Waals surface area contributed by atoms with Crippen molar-refractivity contribution in [2.75, 3.05) is 26.2 Å². The molecule has 1 aliphatic heterocycles. The Bertz CT molecular complexity index is 1150. The Labute approximate surface area is 194 Å². The molecule has 1 aromatic heterocycles. The summed E-state index contributed by atoms with van der Waals surface area (Å²) in [6.07, 6.45) is 1.05. The summed E-state index contributed by atoms with van der Waals surface area (Å²) in [5.41, 5.74) is 0.563. The van der Waals surface area contributed by atoms with Crippen molar-refractivity contribution in [3.63, 3.8) is 0 Å². The predicted molar refractivity (Wildman–Crippen MR) is 119 cm³/mol. The second kappa shape index (κ2) is 10.3. The van der Waals surface area contributed by atoms with E-state index in [1.54, 1.807) is 17.0 Å². The Kier molecular flexibility index (Phi) is 6.98. The van der Waals surface area contributed by atoms with E-state index in [-0.39, 0.29) is 43.7 Å². The third-order valence-corrected chi connectivity index (χ3v) is 5.48. The van der Waals surface area contributed by atoms with Crippen molar-refractivity contribution in [2.45, 2.75) is 12.6 Å². The first-order valence-corrected chi connectivity index (χ1v) is 10.6. The van der Waals surface area contributed by atoms with Crippen LogP contribution in [0.25, 0.3) is 0 Å². The highest BCUT2D eigenvalue weighted by Gasteiger charge is 2.29. The van der Waals surface area contributed by atoms with Gasteiger partial charge in [-0.2, -0.15) is 0 Å². The lowest BCUT2D eigenvalue weighted by atomic mass is 10.1. The molecule has 0 bridgehead atoms. The number of benzene rings is 2. The van der Waals surface area contributed by atoms with Crippen LogP contribution in [-0.2, 0) is 11.3 Å². The van der Waals surface area contributed by atoms with Gasteiger partial charge >= 0.3 is 0 Å². The lowest BCUT2D eigenvalue weighted by Crippen LogP contribution is -2.50. The Morgan fingerprint density at radius 1 is 1.09 bits per heavy atom. The van der Waals surface area contributed by atoms with E-state index in [9.17, 15) is 24.1 Å². The molecular formula is C24H22FN3O6. The van der Waals surface area contributed by atoms with Gasteiger partial charge in [0.05, 0.1) is 30.4 Å². The van der Waals surface area contributed by atoms with Gasteiger partial charge in [0.25, 0.3) is 17.5 Å². The summed E-state index contributed by atoms with van der Waals surface area (Å²) in [6.45, 7) is 1.24. The number of ether oxygens (including phenoxy) is 1. The molecule has 1 fully saturated rings. The van der Waals surface area contributed by atoms with Gasteiger partial charge in [0, 0.05) is 42.9 Å². The van der Waals surface area contributed by atoms with Crippen molar-refractivity contribution in [3.8, 4) is 0 Å². The summed E-state index contributed by atoms with van der Waals surface area (Å²) in [5, 5.41) is 10.9. The van der Waals surface area contributed by atoms with E-state index >= 15 is 0 Å². The smallest absolute Gasteiger partial charge is 0.269 e. The van der Waals surface area contributed by atoms with Crippen LogP contribution in [0.1, 0.15) is 26.5 Å². The van der Waals surface area contributed by atoms with Gasteiger partial charge in [-0.25, -0.2) is 4.39 Å². The van der Waals surface area contributed by atoms with Crippen LogP contribution >= 0.6 is 0 Å². The number of amides is 2. The van der Waals surface area contributed by atoms with Crippen LogP contribution in [0.4, 0.5) is 10.1 Å². The molecule has 0 radical (unpaired) electrons. The topological polar surface area (TPSA) is 106 Å². The molecule has 1 saturated heterocycles. The van der Waals surface area contributed by atoms with Crippen molar-refractivity contribution in [1.82, 2.24) is 9.80 Å². The number of furan rings is 1. The number of nitro groups is 1. The van der Waals surface area contributed by atoms with E-state index in [2.05, 4.69) is 0 Å². The first kappa shape index (κ1) is 23.1. The largest absolute Gasteiger partial charge is 0.467 e. The molecule has 4 rings (SSSR count). The summed E-state index contributed by atoms with van der Waals surface area (Å²) in [5.74, 6) is -0.459. The Morgan fingerprint density at radius 2 is 1.79 bits per heavy atom. The summed E-state index contributed by atoms with van der Waals surface area (Å²) >= 11 is 0. The number of non-ortho nitro benzene ring substituents is 1. The minimum Gasteiger partial charge on any atom is -0.467 e. The molecule has 9 nitrogen and oxygen atoms in total. The Morgan fingerprint density at radius 3 is 2.44 bits per heavy atom. The fourth-order valence-electron chi connectivity index (χ4n) is 3.75. The third-order valence-electron chi connectivity index (χ3n) is 5.48. The number of nitro benzene ring substituents is 1. The third kappa shape index (κ3) is 5.46. The SMILES string of the molecule is O=C(c1ccc([N+](=O)[O-])cc1)N1CCO[C@H](CN(Cc2ccco2)C(=O)c2ccc(F)cc2)C1. The van der Waals surface area contributed by atoms with Crippen LogP contribution in [0, 0.1) is 15.9 Å². The number of morpholine rings is 1. The molecule has 2 heterocycles. The van der Waals surface area contributed by atoms with Crippen molar-refractivity contribution in [3.05, 3.63) is 99.7 Å². The summed E-state index contributed by atoms with van der Waals surface area (Å²) in [4.78, 5) is 39.5. The molecule has 176 valence electrons. The predicted octanol–water partition coefficient (Wildman–Crippen LogP) is 3.51. The van der Waals surface area contributed by atoms with Gasteiger partial charge in [-0.15, -0.1) is 0 Å². The van der Waals surface area contributed by atoms with Gasteiger partial charge < -0.3 is 19.0 Å². The number of carbonyl (C=O) groups is 2. The van der Waals surface area contributed by atoms with Crippen LogP contribution in [0.15, 0.2) is 71.3 Å². The molecule has 34 heavy (non-hydrogen) atoms. The van der Waals surface area contributed by atoms with Crippen LogP contribution < -0.4 is 0 Å². The van der Waals surface area contributed by atoms with Gasteiger partial charge in [-0.3, -0.25) is 19.7 Å². The van der Waals surface area contributed by atoms with Crippen LogP contribution in [-0.4, -0.2) is 58.9 Å². The number of hydrogen-bond donors (Lipinski definition) is 0. The second-order valence-corrected chi connectivity index (χ2v) is 7.82. The lowest BCUT2D eigenvalue weighted by Gasteiger charge is -2.35. The molecular weight excluding hydrogens is 445 g/mol. The zero-order valence-corrected chi connectivity index (χ0v) is 18.1. The molecule has 2 amide bonds. The van der Waals surface area contributed by atoms with Crippen molar-refractivity contribution >= 4 is 17.5 Å².